The second-order valence-corrected chi connectivity index (χ2v) is 8.37. The minimum absolute atomic E-state index is 0.0517. The van der Waals surface area contributed by atoms with E-state index in [0.717, 1.165) is 37.5 Å². The molecule has 2 fully saturated rings. The standard InChI is InChI=1S/C21H37FO2/c1-3-6-16(2)7-4-8-17-11-13-18(14-12-17)21(23)24-20-10-5-9-19(22)15-20/h16-20H,3-15H2,1-2H3. The molecule has 3 atom stereocenters. The van der Waals surface area contributed by atoms with Crippen LogP contribution in [0.2, 0.25) is 0 Å². The molecular formula is C21H37FO2. The molecule has 24 heavy (non-hydrogen) atoms. The zero-order valence-corrected chi connectivity index (χ0v) is 15.8. The van der Waals surface area contributed by atoms with Crippen LogP contribution in [0, 0.1) is 17.8 Å². The van der Waals surface area contributed by atoms with Crippen LogP contribution in [0.25, 0.3) is 0 Å². The first-order valence-electron chi connectivity index (χ1n) is 10.4. The fraction of sp³-hybridized carbons (Fsp3) is 0.952. The summed E-state index contributed by atoms with van der Waals surface area (Å²) in [7, 11) is 0. The molecule has 140 valence electrons. The van der Waals surface area contributed by atoms with Gasteiger partial charge in [-0.25, -0.2) is 4.39 Å². The average Bonchev–Trinajstić information content (AvgIpc) is 2.56. The second-order valence-electron chi connectivity index (χ2n) is 8.37. The van der Waals surface area contributed by atoms with Crippen molar-refractivity contribution >= 4 is 5.97 Å². The molecular weight excluding hydrogens is 303 g/mol. The molecule has 0 aromatic heterocycles. The highest BCUT2D eigenvalue weighted by molar-refractivity contribution is 5.72. The van der Waals surface area contributed by atoms with Gasteiger partial charge in [0.1, 0.15) is 12.3 Å². The van der Waals surface area contributed by atoms with Crippen molar-refractivity contribution in [1.82, 2.24) is 0 Å². The molecule has 0 aromatic rings. The molecule has 3 unspecified atom stereocenters. The van der Waals surface area contributed by atoms with Crippen molar-refractivity contribution in [3.8, 4) is 0 Å². The van der Waals surface area contributed by atoms with Gasteiger partial charge in [-0.05, 0) is 56.8 Å². The van der Waals surface area contributed by atoms with Gasteiger partial charge in [-0.3, -0.25) is 4.79 Å². The lowest BCUT2D eigenvalue weighted by Gasteiger charge is -2.30. The molecule has 0 saturated heterocycles. The van der Waals surface area contributed by atoms with E-state index in [9.17, 15) is 9.18 Å². The molecule has 3 heteroatoms. The number of rotatable bonds is 8. The summed E-state index contributed by atoms with van der Waals surface area (Å²) in [5.74, 6) is 1.67. The number of carbonyl (C=O) groups is 1. The summed E-state index contributed by atoms with van der Waals surface area (Å²) in [5.41, 5.74) is 0. The lowest BCUT2D eigenvalue weighted by atomic mass is 9.79. The molecule has 0 N–H and O–H groups in total. The SMILES string of the molecule is CCCC(C)CCCC1CCC(C(=O)OC2CCCC(F)C2)CC1. The molecule has 0 bridgehead atoms. The van der Waals surface area contributed by atoms with Crippen LogP contribution in [0.15, 0.2) is 0 Å². The fourth-order valence-corrected chi connectivity index (χ4v) is 4.53. The number of alkyl halides is 1. The molecule has 0 radical (unpaired) electrons. The third-order valence-electron chi connectivity index (χ3n) is 6.12. The largest absolute Gasteiger partial charge is 0.462 e. The van der Waals surface area contributed by atoms with Crippen molar-refractivity contribution in [2.45, 2.75) is 110 Å². The van der Waals surface area contributed by atoms with E-state index in [4.69, 9.17) is 4.74 Å². The smallest absolute Gasteiger partial charge is 0.309 e. The first-order chi connectivity index (χ1) is 11.6. The fourth-order valence-electron chi connectivity index (χ4n) is 4.53. The molecule has 2 nitrogen and oxygen atoms in total. The molecule has 2 saturated carbocycles. The highest BCUT2D eigenvalue weighted by Crippen LogP contribution is 2.34. The van der Waals surface area contributed by atoms with Crippen LogP contribution in [-0.4, -0.2) is 18.2 Å². The Balaban J connectivity index is 1.60. The van der Waals surface area contributed by atoms with Crippen molar-refractivity contribution in [3.05, 3.63) is 0 Å². The van der Waals surface area contributed by atoms with Gasteiger partial charge >= 0.3 is 5.97 Å². The minimum atomic E-state index is -0.776. The van der Waals surface area contributed by atoms with Crippen molar-refractivity contribution in [2.75, 3.05) is 0 Å². The van der Waals surface area contributed by atoms with E-state index in [1.165, 1.54) is 44.9 Å². The van der Waals surface area contributed by atoms with Crippen LogP contribution >= 0.6 is 0 Å². The van der Waals surface area contributed by atoms with E-state index in [-0.39, 0.29) is 18.0 Å². The van der Waals surface area contributed by atoms with Gasteiger partial charge in [0.05, 0.1) is 5.92 Å². The van der Waals surface area contributed by atoms with Gasteiger partial charge in [-0.2, -0.15) is 0 Å². The Kier molecular flexibility index (Phi) is 8.55. The van der Waals surface area contributed by atoms with E-state index in [0.29, 0.717) is 12.8 Å². The van der Waals surface area contributed by atoms with Gasteiger partial charge in [-0.1, -0.05) is 46.0 Å². The van der Waals surface area contributed by atoms with Crippen LogP contribution in [0.1, 0.15) is 97.3 Å². The monoisotopic (exact) mass is 340 g/mol. The van der Waals surface area contributed by atoms with Gasteiger partial charge < -0.3 is 4.74 Å². The summed E-state index contributed by atoms with van der Waals surface area (Å²) in [5, 5.41) is 0. The predicted octanol–water partition coefficient (Wildman–Crippen LogP) is 6.22. The predicted molar refractivity (Wildman–Crippen MR) is 96.6 cm³/mol. The van der Waals surface area contributed by atoms with Gasteiger partial charge in [-0.15, -0.1) is 0 Å². The molecule has 0 amide bonds. The van der Waals surface area contributed by atoms with Gasteiger partial charge in [0.2, 0.25) is 0 Å². The minimum Gasteiger partial charge on any atom is -0.462 e. The Morgan fingerprint density at radius 2 is 1.88 bits per heavy atom. The van der Waals surface area contributed by atoms with Crippen molar-refractivity contribution in [3.63, 3.8) is 0 Å². The third kappa shape index (κ3) is 6.72. The van der Waals surface area contributed by atoms with Crippen LogP contribution in [0.5, 0.6) is 0 Å². The molecule has 0 spiro atoms. The maximum atomic E-state index is 13.4. The van der Waals surface area contributed by atoms with E-state index >= 15 is 0 Å². The number of carbonyl (C=O) groups excluding carboxylic acids is 1. The molecule has 2 rings (SSSR count). The van der Waals surface area contributed by atoms with E-state index in [1.54, 1.807) is 0 Å². The summed E-state index contributed by atoms with van der Waals surface area (Å²) in [6.45, 7) is 4.63. The van der Waals surface area contributed by atoms with Crippen LogP contribution in [0.3, 0.4) is 0 Å². The highest BCUT2D eigenvalue weighted by Gasteiger charge is 2.30. The number of ether oxygens (including phenoxy) is 1. The van der Waals surface area contributed by atoms with Gasteiger partial charge in [0.25, 0.3) is 0 Å². The van der Waals surface area contributed by atoms with Crippen molar-refractivity contribution < 1.29 is 13.9 Å². The number of hydrogen-bond acceptors (Lipinski definition) is 2. The lowest BCUT2D eigenvalue weighted by Crippen LogP contribution is -2.31. The average molecular weight is 341 g/mol. The van der Waals surface area contributed by atoms with E-state index in [2.05, 4.69) is 13.8 Å². The second kappa shape index (κ2) is 10.4. The maximum absolute atomic E-state index is 13.4. The Morgan fingerprint density at radius 3 is 2.54 bits per heavy atom. The normalized spacial score (nSPS) is 32.3. The summed E-state index contributed by atoms with van der Waals surface area (Å²) < 4.78 is 19.0. The molecule has 2 aliphatic carbocycles. The Morgan fingerprint density at radius 1 is 1.12 bits per heavy atom. The van der Waals surface area contributed by atoms with E-state index < -0.39 is 6.17 Å². The third-order valence-corrected chi connectivity index (χ3v) is 6.12. The molecule has 2 aliphatic rings. The first kappa shape index (κ1) is 19.7. The van der Waals surface area contributed by atoms with Gasteiger partial charge in [0, 0.05) is 6.42 Å². The lowest BCUT2D eigenvalue weighted by molar-refractivity contribution is -0.157. The van der Waals surface area contributed by atoms with Crippen molar-refractivity contribution in [2.24, 2.45) is 17.8 Å². The summed E-state index contributed by atoms with van der Waals surface area (Å²) in [6, 6.07) is 0. The Hall–Kier alpha value is -0.600. The molecule has 0 aromatic carbocycles. The zero-order valence-electron chi connectivity index (χ0n) is 15.8. The summed E-state index contributed by atoms with van der Waals surface area (Å²) in [4.78, 5) is 12.3. The first-order valence-corrected chi connectivity index (χ1v) is 10.4. The molecule has 0 aliphatic heterocycles. The number of halogens is 1. The van der Waals surface area contributed by atoms with Gasteiger partial charge in [0.15, 0.2) is 0 Å². The van der Waals surface area contributed by atoms with Crippen molar-refractivity contribution in [1.29, 1.82) is 0 Å². The topological polar surface area (TPSA) is 26.3 Å². The maximum Gasteiger partial charge on any atom is 0.309 e. The molecule has 0 heterocycles. The van der Waals surface area contributed by atoms with Crippen LogP contribution in [-0.2, 0) is 9.53 Å². The summed E-state index contributed by atoms with van der Waals surface area (Å²) in [6.07, 6.45) is 12.7. The van der Waals surface area contributed by atoms with Crippen LogP contribution < -0.4 is 0 Å². The zero-order chi connectivity index (χ0) is 17.4. The summed E-state index contributed by atoms with van der Waals surface area (Å²) >= 11 is 0. The Bertz CT molecular complexity index is 363. The van der Waals surface area contributed by atoms with Crippen LogP contribution in [0.4, 0.5) is 4.39 Å². The number of hydrogen-bond donors (Lipinski definition) is 0. The Labute approximate surface area is 147 Å². The highest BCUT2D eigenvalue weighted by atomic mass is 19.1. The van der Waals surface area contributed by atoms with E-state index in [1.807, 2.05) is 0 Å². The quantitative estimate of drug-likeness (QED) is 0.490. The number of esters is 1.